The number of nitrogens with one attached hydrogen (secondary N) is 1. The smallest absolute Gasteiger partial charge is 0.246 e. The average molecular weight is 308 g/mol. The zero-order chi connectivity index (χ0) is 16.4. The van der Waals surface area contributed by atoms with Gasteiger partial charge in [-0.25, -0.2) is 0 Å². The molecule has 2 aromatic carbocycles. The van der Waals surface area contributed by atoms with Gasteiger partial charge in [-0.3, -0.25) is 4.79 Å². The van der Waals surface area contributed by atoms with Crippen molar-refractivity contribution in [2.45, 2.75) is 13.5 Å². The van der Waals surface area contributed by atoms with E-state index < -0.39 is 0 Å². The van der Waals surface area contributed by atoms with Crippen molar-refractivity contribution in [3.63, 3.8) is 0 Å². The molecule has 0 fully saturated rings. The maximum absolute atomic E-state index is 11.5. The third kappa shape index (κ3) is 3.06. The summed E-state index contributed by atoms with van der Waals surface area (Å²) in [6.45, 7) is 5.66. The predicted molar refractivity (Wildman–Crippen MR) is 87.2 cm³/mol. The molecule has 0 saturated heterocycles. The first-order valence-corrected chi connectivity index (χ1v) is 7.12. The van der Waals surface area contributed by atoms with Gasteiger partial charge in [-0.15, -0.1) is 15.0 Å². The first kappa shape index (κ1) is 14.8. The number of phenols is 1. The maximum Gasteiger partial charge on any atom is 0.246 e. The van der Waals surface area contributed by atoms with Crippen LogP contribution < -0.4 is 5.32 Å². The number of carbonyl (C=O) groups is 1. The van der Waals surface area contributed by atoms with E-state index >= 15 is 0 Å². The van der Waals surface area contributed by atoms with Crippen molar-refractivity contribution in [3.05, 3.63) is 60.2 Å². The van der Waals surface area contributed by atoms with Crippen LogP contribution in [0.3, 0.4) is 0 Å². The average Bonchev–Trinajstić information content (AvgIpc) is 2.95. The van der Waals surface area contributed by atoms with Crippen molar-refractivity contribution < 1.29 is 9.90 Å². The summed E-state index contributed by atoms with van der Waals surface area (Å²) in [4.78, 5) is 12.9. The molecular formula is C17H16N4O2. The molecule has 0 aliphatic heterocycles. The molecule has 0 unspecified atom stereocenters. The molecule has 3 rings (SSSR count). The zero-order valence-corrected chi connectivity index (χ0v) is 12.7. The van der Waals surface area contributed by atoms with Gasteiger partial charge in [0, 0.05) is 12.1 Å². The lowest BCUT2D eigenvalue weighted by Gasteiger charge is -2.04. The number of para-hydroxylation sites is 2. The number of phenolic OH excluding ortho intramolecular Hbond substituents is 1. The molecule has 3 aromatic rings. The van der Waals surface area contributed by atoms with Gasteiger partial charge in [-0.2, -0.15) is 0 Å². The number of aromatic nitrogens is 3. The van der Waals surface area contributed by atoms with Crippen molar-refractivity contribution in [3.8, 4) is 11.4 Å². The van der Waals surface area contributed by atoms with Gasteiger partial charge >= 0.3 is 0 Å². The number of rotatable bonds is 4. The van der Waals surface area contributed by atoms with E-state index in [9.17, 15) is 9.90 Å². The Balaban J connectivity index is 1.88. The molecule has 116 valence electrons. The SMILES string of the molecule is C=C(C)C(=O)NCc1ccc2nn(-c3ccccc3O)nc2c1. The largest absolute Gasteiger partial charge is 0.506 e. The van der Waals surface area contributed by atoms with Gasteiger partial charge in [0.25, 0.3) is 0 Å². The molecule has 0 bridgehead atoms. The Morgan fingerprint density at radius 2 is 1.96 bits per heavy atom. The molecule has 23 heavy (non-hydrogen) atoms. The van der Waals surface area contributed by atoms with Crippen LogP contribution in [0.5, 0.6) is 5.75 Å². The van der Waals surface area contributed by atoms with Crippen molar-refractivity contribution in [2.24, 2.45) is 0 Å². The van der Waals surface area contributed by atoms with Crippen molar-refractivity contribution in [1.29, 1.82) is 0 Å². The Labute approximate surface area is 133 Å². The van der Waals surface area contributed by atoms with Crippen LogP contribution in [-0.4, -0.2) is 26.0 Å². The van der Waals surface area contributed by atoms with E-state index in [-0.39, 0.29) is 11.7 Å². The number of aromatic hydroxyl groups is 1. The number of nitrogens with zero attached hydrogens (tertiary/aromatic N) is 3. The van der Waals surface area contributed by atoms with Crippen molar-refractivity contribution in [2.75, 3.05) is 0 Å². The molecule has 6 nitrogen and oxygen atoms in total. The summed E-state index contributed by atoms with van der Waals surface area (Å²) >= 11 is 0. The van der Waals surface area contributed by atoms with Crippen LogP contribution in [0.4, 0.5) is 0 Å². The highest BCUT2D eigenvalue weighted by Gasteiger charge is 2.09. The quantitative estimate of drug-likeness (QED) is 0.725. The Bertz CT molecular complexity index is 898. The monoisotopic (exact) mass is 308 g/mol. The molecule has 6 heteroatoms. The van der Waals surface area contributed by atoms with Crippen LogP contribution in [-0.2, 0) is 11.3 Å². The standard InChI is InChI=1S/C17H16N4O2/c1-11(2)17(23)18-10-12-7-8-13-14(9-12)20-21(19-13)15-5-3-4-6-16(15)22/h3-9,22H,1,10H2,2H3,(H,18,23). The van der Waals surface area contributed by atoms with Crippen LogP contribution in [0, 0.1) is 0 Å². The van der Waals surface area contributed by atoms with Gasteiger partial charge in [-0.1, -0.05) is 24.8 Å². The molecule has 0 aliphatic rings. The molecule has 1 aromatic heterocycles. The summed E-state index contributed by atoms with van der Waals surface area (Å²) < 4.78 is 0. The van der Waals surface area contributed by atoms with Gasteiger partial charge in [0.15, 0.2) is 0 Å². The third-order valence-corrected chi connectivity index (χ3v) is 3.38. The third-order valence-electron chi connectivity index (χ3n) is 3.38. The minimum atomic E-state index is -0.178. The summed E-state index contributed by atoms with van der Waals surface area (Å²) in [5.74, 6) is -0.0651. The summed E-state index contributed by atoms with van der Waals surface area (Å²) in [6.07, 6.45) is 0. The highest BCUT2D eigenvalue weighted by Crippen LogP contribution is 2.21. The molecule has 2 N–H and O–H groups in total. The maximum atomic E-state index is 11.5. The van der Waals surface area contributed by atoms with E-state index in [2.05, 4.69) is 22.1 Å². The highest BCUT2D eigenvalue weighted by atomic mass is 16.3. The lowest BCUT2D eigenvalue weighted by atomic mass is 10.2. The number of hydrogen-bond acceptors (Lipinski definition) is 4. The van der Waals surface area contributed by atoms with Gasteiger partial charge in [-0.05, 0) is 36.8 Å². The first-order valence-electron chi connectivity index (χ1n) is 7.12. The summed E-state index contributed by atoms with van der Waals surface area (Å²) in [5.41, 5.74) is 3.30. The molecule has 0 radical (unpaired) electrons. The lowest BCUT2D eigenvalue weighted by Crippen LogP contribution is -2.22. The predicted octanol–water partition coefficient (Wildman–Crippen LogP) is 2.32. The van der Waals surface area contributed by atoms with Gasteiger partial charge in [0.2, 0.25) is 5.91 Å². The first-order chi connectivity index (χ1) is 11.0. The minimum absolute atomic E-state index is 0.113. The summed E-state index contributed by atoms with van der Waals surface area (Å²) in [5, 5.41) is 21.4. The lowest BCUT2D eigenvalue weighted by molar-refractivity contribution is -0.117. The molecule has 1 amide bonds. The summed E-state index contributed by atoms with van der Waals surface area (Å²) in [6, 6.07) is 12.4. The Hall–Kier alpha value is -3.15. The van der Waals surface area contributed by atoms with Gasteiger partial charge < -0.3 is 10.4 Å². The minimum Gasteiger partial charge on any atom is -0.506 e. The number of fused-ring (bicyclic) bond motifs is 1. The van der Waals surface area contributed by atoms with E-state index in [0.717, 1.165) is 5.56 Å². The van der Waals surface area contributed by atoms with Crippen LogP contribution >= 0.6 is 0 Å². The van der Waals surface area contributed by atoms with E-state index in [0.29, 0.717) is 28.8 Å². The second-order valence-corrected chi connectivity index (χ2v) is 5.26. The summed E-state index contributed by atoms with van der Waals surface area (Å²) in [7, 11) is 0. The number of carbonyl (C=O) groups excluding carboxylic acids is 1. The number of amides is 1. The van der Waals surface area contributed by atoms with Crippen LogP contribution in [0.1, 0.15) is 12.5 Å². The molecule has 0 aliphatic carbocycles. The fourth-order valence-electron chi connectivity index (χ4n) is 2.14. The van der Waals surface area contributed by atoms with E-state index in [1.165, 1.54) is 4.80 Å². The fourth-order valence-corrected chi connectivity index (χ4v) is 2.14. The fraction of sp³-hybridized carbons (Fsp3) is 0.118. The molecular weight excluding hydrogens is 292 g/mol. The van der Waals surface area contributed by atoms with Crippen molar-refractivity contribution in [1.82, 2.24) is 20.3 Å². The normalized spacial score (nSPS) is 10.7. The van der Waals surface area contributed by atoms with Gasteiger partial charge in [0.05, 0.1) is 0 Å². The van der Waals surface area contributed by atoms with Gasteiger partial charge in [0.1, 0.15) is 22.5 Å². The van der Waals surface area contributed by atoms with E-state index in [1.807, 2.05) is 24.3 Å². The van der Waals surface area contributed by atoms with Crippen LogP contribution in [0.2, 0.25) is 0 Å². The zero-order valence-electron chi connectivity index (χ0n) is 12.7. The Kier molecular flexibility index (Phi) is 3.80. The molecule has 0 spiro atoms. The Morgan fingerprint density at radius 3 is 2.70 bits per heavy atom. The number of hydrogen-bond donors (Lipinski definition) is 2. The van der Waals surface area contributed by atoms with E-state index in [4.69, 9.17) is 0 Å². The van der Waals surface area contributed by atoms with Crippen molar-refractivity contribution >= 4 is 16.9 Å². The second kappa shape index (κ2) is 5.92. The second-order valence-electron chi connectivity index (χ2n) is 5.26. The van der Waals surface area contributed by atoms with Crippen LogP contribution in [0.15, 0.2) is 54.6 Å². The van der Waals surface area contributed by atoms with Crippen LogP contribution in [0.25, 0.3) is 16.7 Å². The molecule has 1 heterocycles. The number of benzene rings is 2. The Morgan fingerprint density at radius 1 is 1.22 bits per heavy atom. The molecule has 0 atom stereocenters. The highest BCUT2D eigenvalue weighted by molar-refractivity contribution is 5.92. The molecule has 0 saturated carbocycles. The van der Waals surface area contributed by atoms with E-state index in [1.54, 1.807) is 25.1 Å². The topological polar surface area (TPSA) is 80.0 Å².